The van der Waals surface area contributed by atoms with Crippen molar-refractivity contribution in [3.63, 3.8) is 0 Å². The van der Waals surface area contributed by atoms with Gasteiger partial charge in [-0.1, -0.05) is 0 Å². The number of ether oxygens (including phenoxy) is 1. The molecule has 0 radical (unpaired) electrons. The minimum atomic E-state index is -1.82. The van der Waals surface area contributed by atoms with E-state index in [1.54, 1.807) is 0 Å². The van der Waals surface area contributed by atoms with E-state index < -0.39 is 18.1 Å². The monoisotopic (exact) mass is 164 g/mol. The Bertz CT molecular complexity index is 157. The van der Waals surface area contributed by atoms with Crippen LogP contribution in [-0.4, -0.2) is 30.3 Å². The number of carbonyl (C=O) groups excluding carboxylic acids is 1. The molecule has 0 aliphatic carbocycles. The Hall–Kier alpha value is -1.13. The number of hydrogen-bond acceptors (Lipinski definition) is 3. The average molecular weight is 164 g/mol. The fourth-order valence-electron chi connectivity index (χ4n) is 0.496. The van der Waals surface area contributed by atoms with Gasteiger partial charge < -0.3 is 9.84 Å². The molecule has 11 heavy (non-hydrogen) atoms. The van der Waals surface area contributed by atoms with E-state index in [-0.39, 0.29) is 12.8 Å². The number of rotatable bonds is 4. The lowest BCUT2D eigenvalue weighted by Crippen LogP contribution is -2.18. The van der Waals surface area contributed by atoms with Crippen LogP contribution in [0.15, 0.2) is 0 Å². The van der Waals surface area contributed by atoms with Gasteiger partial charge in [0.1, 0.15) is 0 Å². The highest BCUT2D eigenvalue weighted by atomic mass is 19.1. The maximum atomic E-state index is 12.4. The van der Waals surface area contributed by atoms with Gasteiger partial charge in [0, 0.05) is 6.42 Å². The third kappa shape index (κ3) is 4.30. The zero-order valence-corrected chi connectivity index (χ0v) is 6.04. The molecule has 1 unspecified atom stereocenters. The zero-order chi connectivity index (χ0) is 8.85. The third-order valence-corrected chi connectivity index (χ3v) is 1.07. The smallest absolute Gasteiger partial charge is 0.340 e. The molecule has 0 spiro atoms. The van der Waals surface area contributed by atoms with E-state index in [1.165, 1.54) is 0 Å². The van der Waals surface area contributed by atoms with E-state index in [9.17, 15) is 14.0 Å². The van der Waals surface area contributed by atoms with Gasteiger partial charge in [0.2, 0.25) is 0 Å². The van der Waals surface area contributed by atoms with Crippen LogP contribution in [0, 0.1) is 0 Å². The second kappa shape index (κ2) is 4.65. The van der Waals surface area contributed by atoms with Crippen molar-refractivity contribution < 1.29 is 23.8 Å². The second-order valence-corrected chi connectivity index (χ2v) is 1.92. The molecule has 0 fully saturated rings. The molecule has 0 saturated heterocycles. The first-order chi connectivity index (χ1) is 5.07. The van der Waals surface area contributed by atoms with Crippen LogP contribution in [0.3, 0.4) is 0 Å². The van der Waals surface area contributed by atoms with Crippen molar-refractivity contribution in [2.24, 2.45) is 0 Å². The van der Waals surface area contributed by atoms with Crippen LogP contribution in [0.5, 0.6) is 0 Å². The number of aliphatic carboxylic acids is 1. The van der Waals surface area contributed by atoms with Crippen molar-refractivity contribution in [1.29, 1.82) is 0 Å². The number of hydrogen-bond donors (Lipinski definition) is 1. The maximum Gasteiger partial charge on any atom is 0.340 e. The lowest BCUT2D eigenvalue weighted by molar-refractivity contribution is -0.147. The van der Waals surface area contributed by atoms with Gasteiger partial charge >= 0.3 is 11.9 Å². The van der Waals surface area contributed by atoms with Crippen LogP contribution in [0.4, 0.5) is 4.39 Å². The quantitative estimate of drug-likeness (QED) is 0.609. The number of carboxylic acid groups (broad SMARTS) is 1. The Labute approximate surface area is 63.0 Å². The molecule has 5 heteroatoms. The van der Waals surface area contributed by atoms with Crippen molar-refractivity contribution >= 4 is 11.9 Å². The molecule has 0 aliphatic heterocycles. The molecule has 0 aromatic heterocycles. The van der Waals surface area contributed by atoms with Crippen LogP contribution in [-0.2, 0) is 14.3 Å². The molecule has 0 bridgehead atoms. The SMILES string of the molecule is COC(=O)C(F)CCC(=O)O. The molecule has 0 amide bonds. The standard InChI is InChI=1S/C6H9FO4/c1-11-6(10)4(7)2-3-5(8)9/h4H,2-3H2,1H3,(H,8,9). The van der Waals surface area contributed by atoms with Crippen molar-refractivity contribution in [3.8, 4) is 0 Å². The molecule has 0 heterocycles. The summed E-state index contributed by atoms with van der Waals surface area (Å²) in [6.45, 7) is 0. The van der Waals surface area contributed by atoms with E-state index >= 15 is 0 Å². The van der Waals surface area contributed by atoms with Gasteiger partial charge in [-0.15, -0.1) is 0 Å². The number of carboxylic acids is 1. The van der Waals surface area contributed by atoms with Crippen molar-refractivity contribution in [2.75, 3.05) is 7.11 Å². The summed E-state index contributed by atoms with van der Waals surface area (Å²) in [6, 6.07) is 0. The van der Waals surface area contributed by atoms with E-state index in [2.05, 4.69) is 4.74 Å². The summed E-state index contributed by atoms with van der Waals surface area (Å²) in [4.78, 5) is 20.2. The number of alkyl halides is 1. The number of methoxy groups -OCH3 is 1. The van der Waals surface area contributed by atoms with Crippen LogP contribution < -0.4 is 0 Å². The van der Waals surface area contributed by atoms with Gasteiger partial charge in [-0.25, -0.2) is 9.18 Å². The fraction of sp³-hybridized carbons (Fsp3) is 0.667. The number of esters is 1. The van der Waals surface area contributed by atoms with Crippen LogP contribution in [0.25, 0.3) is 0 Å². The van der Waals surface area contributed by atoms with Gasteiger partial charge in [-0.2, -0.15) is 0 Å². The van der Waals surface area contributed by atoms with Crippen LogP contribution in [0.2, 0.25) is 0 Å². The van der Waals surface area contributed by atoms with Crippen LogP contribution in [0.1, 0.15) is 12.8 Å². The van der Waals surface area contributed by atoms with Gasteiger partial charge in [0.05, 0.1) is 7.11 Å². The molecule has 4 nitrogen and oxygen atoms in total. The highest BCUT2D eigenvalue weighted by molar-refractivity contribution is 5.75. The largest absolute Gasteiger partial charge is 0.481 e. The number of halogens is 1. The predicted molar refractivity (Wildman–Crippen MR) is 33.8 cm³/mol. The molecule has 0 aliphatic rings. The fourth-order valence-corrected chi connectivity index (χ4v) is 0.496. The topological polar surface area (TPSA) is 63.6 Å². The first kappa shape index (κ1) is 9.87. The lowest BCUT2D eigenvalue weighted by atomic mass is 10.2. The van der Waals surface area contributed by atoms with Gasteiger partial charge in [0.25, 0.3) is 0 Å². The Morgan fingerprint density at radius 3 is 2.55 bits per heavy atom. The normalized spacial score (nSPS) is 12.2. The highest BCUT2D eigenvalue weighted by Crippen LogP contribution is 2.03. The summed E-state index contributed by atoms with van der Waals surface area (Å²) in [5.74, 6) is -2.15. The molecule has 1 atom stereocenters. The van der Waals surface area contributed by atoms with Gasteiger partial charge in [0.15, 0.2) is 6.17 Å². The summed E-state index contributed by atoms with van der Waals surface area (Å²) in [6.07, 6.45) is -2.52. The Morgan fingerprint density at radius 1 is 1.64 bits per heavy atom. The van der Waals surface area contributed by atoms with Crippen molar-refractivity contribution in [3.05, 3.63) is 0 Å². The van der Waals surface area contributed by atoms with Crippen molar-refractivity contribution in [2.45, 2.75) is 19.0 Å². The molecule has 0 aromatic rings. The Balaban J connectivity index is 3.60. The lowest BCUT2D eigenvalue weighted by Gasteiger charge is -2.02. The van der Waals surface area contributed by atoms with E-state index in [0.717, 1.165) is 7.11 Å². The Kier molecular flexibility index (Phi) is 4.17. The summed E-state index contributed by atoms with van der Waals surface area (Å²) in [5.41, 5.74) is 0. The van der Waals surface area contributed by atoms with Gasteiger partial charge in [-0.05, 0) is 6.42 Å². The molecular formula is C6H9FO4. The molecule has 0 saturated carbocycles. The van der Waals surface area contributed by atoms with E-state index in [4.69, 9.17) is 5.11 Å². The first-order valence-electron chi connectivity index (χ1n) is 3.01. The third-order valence-electron chi connectivity index (χ3n) is 1.07. The predicted octanol–water partition coefficient (Wildman–Crippen LogP) is 0.362. The maximum absolute atomic E-state index is 12.4. The second-order valence-electron chi connectivity index (χ2n) is 1.92. The number of carbonyl (C=O) groups is 2. The van der Waals surface area contributed by atoms with Gasteiger partial charge in [-0.3, -0.25) is 4.79 Å². The minimum Gasteiger partial charge on any atom is -0.481 e. The summed E-state index contributed by atoms with van der Waals surface area (Å²) in [5, 5.41) is 8.10. The molecule has 0 rings (SSSR count). The molecule has 1 N–H and O–H groups in total. The first-order valence-corrected chi connectivity index (χ1v) is 3.01. The summed E-state index contributed by atoms with van der Waals surface area (Å²) in [7, 11) is 1.05. The van der Waals surface area contributed by atoms with Crippen LogP contribution >= 0.6 is 0 Å². The van der Waals surface area contributed by atoms with E-state index in [0.29, 0.717) is 0 Å². The van der Waals surface area contributed by atoms with Crippen molar-refractivity contribution in [1.82, 2.24) is 0 Å². The Morgan fingerprint density at radius 2 is 2.18 bits per heavy atom. The zero-order valence-electron chi connectivity index (χ0n) is 6.04. The average Bonchev–Trinajstić information content (AvgIpc) is 1.98. The molecular weight excluding hydrogens is 155 g/mol. The summed E-state index contributed by atoms with van der Waals surface area (Å²) < 4.78 is 16.5. The minimum absolute atomic E-state index is 0.331. The molecule has 64 valence electrons. The highest BCUT2D eigenvalue weighted by Gasteiger charge is 2.18. The molecule has 0 aromatic carbocycles. The van der Waals surface area contributed by atoms with E-state index in [1.807, 2.05) is 0 Å². The summed E-state index contributed by atoms with van der Waals surface area (Å²) >= 11 is 0.